The van der Waals surface area contributed by atoms with Crippen molar-refractivity contribution < 1.29 is 4.79 Å². The molecule has 2 heterocycles. The molecule has 15 heavy (non-hydrogen) atoms. The van der Waals surface area contributed by atoms with E-state index in [1.807, 2.05) is 20.8 Å². The fourth-order valence-corrected chi connectivity index (χ4v) is 2.13. The molecule has 0 aromatic carbocycles. The molecule has 0 bridgehead atoms. The second-order valence-corrected chi connectivity index (χ2v) is 4.43. The first-order valence-electron chi connectivity index (χ1n) is 5.37. The van der Waals surface area contributed by atoms with E-state index in [9.17, 15) is 4.79 Å². The van der Waals surface area contributed by atoms with Gasteiger partial charge in [-0.25, -0.2) is 0 Å². The van der Waals surface area contributed by atoms with E-state index < -0.39 is 0 Å². The summed E-state index contributed by atoms with van der Waals surface area (Å²) in [6.07, 6.45) is 1.20. The van der Waals surface area contributed by atoms with Gasteiger partial charge in [0.05, 0.1) is 11.7 Å². The van der Waals surface area contributed by atoms with Gasteiger partial charge in [0, 0.05) is 24.6 Å². The zero-order chi connectivity index (χ0) is 11.0. The van der Waals surface area contributed by atoms with E-state index in [0.29, 0.717) is 18.6 Å². The predicted molar refractivity (Wildman–Crippen MR) is 57.6 cm³/mol. The van der Waals surface area contributed by atoms with Gasteiger partial charge >= 0.3 is 0 Å². The Morgan fingerprint density at radius 3 is 2.60 bits per heavy atom. The van der Waals surface area contributed by atoms with E-state index >= 15 is 0 Å². The van der Waals surface area contributed by atoms with Crippen LogP contribution >= 0.6 is 0 Å². The molecule has 0 spiro atoms. The molecule has 1 fully saturated rings. The molecule has 4 heteroatoms. The first-order chi connectivity index (χ1) is 7.08. The van der Waals surface area contributed by atoms with Crippen molar-refractivity contribution in [2.75, 3.05) is 0 Å². The maximum atomic E-state index is 11.5. The van der Waals surface area contributed by atoms with Crippen molar-refractivity contribution in [2.45, 2.75) is 45.7 Å². The molecule has 1 aromatic heterocycles. The number of Topliss-reactive ketones (excluding diaryl/α,β-unsaturated/α-hetero) is 1. The number of hydrogen-bond acceptors (Lipinski definition) is 3. The summed E-state index contributed by atoms with van der Waals surface area (Å²) in [5, 5.41) is 10.6. The first-order valence-corrected chi connectivity index (χ1v) is 5.37. The van der Waals surface area contributed by atoms with Gasteiger partial charge in [-0.2, -0.15) is 5.10 Å². The lowest BCUT2D eigenvalue weighted by Gasteiger charge is -2.27. The van der Waals surface area contributed by atoms with E-state index in [1.54, 1.807) is 0 Å². The Morgan fingerprint density at radius 1 is 1.33 bits per heavy atom. The molecule has 82 valence electrons. The average Bonchev–Trinajstić information content (AvgIpc) is 2.46. The van der Waals surface area contributed by atoms with Gasteiger partial charge in [0.1, 0.15) is 5.78 Å². The number of nitrogens with one attached hydrogen (secondary N) is 2. The Balaban J connectivity index is 2.23. The Labute approximate surface area is 89.5 Å². The number of hydrogen-bond donors (Lipinski definition) is 2. The minimum absolute atomic E-state index is 0.0891. The van der Waals surface area contributed by atoms with Gasteiger partial charge in [0.25, 0.3) is 0 Å². The minimum atomic E-state index is 0.0891. The largest absolute Gasteiger partial charge is 0.305 e. The number of piperidine rings is 1. The van der Waals surface area contributed by atoms with Gasteiger partial charge in [0.15, 0.2) is 0 Å². The number of aromatic amines is 1. The quantitative estimate of drug-likeness (QED) is 0.732. The SMILES string of the molecule is Cc1[nH]nc(C2CC(=O)CC(C)N2)c1C. The monoisotopic (exact) mass is 207 g/mol. The average molecular weight is 207 g/mol. The predicted octanol–water partition coefficient (Wildman–Crippen LogP) is 1.41. The Bertz CT molecular complexity index is 383. The number of carbonyl (C=O) groups excluding carboxylic acids is 1. The molecule has 2 unspecified atom stereocenters. The molecular weight excluding hydrogens is 190 g/mol. The summed E-state index contributed by atoms with van der Waals surface area (Å²) in [5.74, 6) is 0.325. The second kappa shape index (κ2) is 3.77. The number of H-pyrrole nitrogens is 1. The van der Waals surface area contributed by atoms with Crippen LogP contribution in [0.2, 0.25) is 0 Å². The Kier molecular flexibility index (Phi) is 2.61. The molecule has 1 aliphatic heterocycles. The number of carbonyl (C=O) groups is 1. The molecular formula is C11H17N3O. The lowest BCUT2D eigenvalue weighted by Crippen LogP contribution is -2.39. The molecule has 2 atom stereocenters. The van der Waals surface area contributed by atoms with Gasteiger partial charge in [-0.1, -0.05) is 0 Å². The van der Waals surface area contributed by atoms with Gasteiger partial charge in [-0.05, 0) is 26.3 Å². The van der Waals surface area contributed by atoms with Crippen LogP contribution in [0.1, 0.15) is 42.8 Å². The van der Waals surface area contributed by atoms with E-state index in [4.69, 9.17) is 0 Å². The summed E-state index contributed by atoms with van der Waals surface area (Å²) in [6, 6.07) is 0.346. The molecule has 2 rings (SSSR count). The normalized spacial score (nSPS) is 27.0. The highest BCUT2D eigenvalue weighted by atomic mass is 16.1. The number of aryl methyl sites for hydroxylation is 1. The lowest BCUT2D eigenvalue weighted by molar-refractivity contribution is -0.121. The molecule has 1 aliphatic rings. The van der Waals surface area contributed by atoms with Gasteiger partial charge in [-0.15, -0.1) is 0 Å². The van der Waals surface area contributed by atoms with Crippen LogP contribution in [-0.2, 0) is 4.79 Å². The molecule has 1 aromatic rings. The highest BCUT2D eigenvalue weighted by Crippen LogP contribution is 2.25. The fraction of sp³-hybridized carbons (Fsp3) is 0.636. The number of nitrogens with zero attached hydrogens (tertiary/aromatic N) is 1. The Hall–Kier alpha value is -1.16. The summed E-state index contributed by atoms with van der Waals surface area (Å²) in [5.41, 5.74) is 3.24. The van der Waals surface area contributed by atoms with Crippen molar-refractivity contribution in [1.82, 2.24) is 15.5 Å². The summed E-state index contributed by atoms with van der Waals surface area (Å²) in [6.45, 7) is 6.08. The minimum Gasteiger partial charge on any atom is -0.305 e. The van der Waals surface area contributed by atoms with Crippen LogP contribution in [0.25, 0.3) is 0 Å². The third kappa shape index (κ3) is 1.95. The van der Waals surface area contributed by atoms with Gasteiger partial charge in [0.2, 0.25) is 0 Å². The Morgan fingerprint density at radius 2 is 2.07 bits per heavy atom. The topological polar surface area (TPSA) is 57.8 Å². The summed E-state index contributed by atoms with van der Waals surface area (Å²) in [4.78, 5) is 11.5. The van der Waals surface area contributed by atoms with Crippen LogP contribution in [0, 0.1) is 13.8 Å². The van der Waals surface area contributed by atoms with Crippen molar-refractivity contribution in [2.24, 2.45) is 0 Å². The van der Waals surface area contributed by atoms with E-state index in [2.05, 4.69) is 15.5 Å². The van der Waals surface area contributed by atoms with Crippen LogP contribution in [0.15, 0.2) is 0 Å². The van der Waals surface area contributed by atoms with Gasteiger partial charge in [-0.3, -0.25) is 9.89 Å². The molecule has 2 N–H and O–H groups in total. The van der Waals surface area contributed by atoms with Crippen molar-refractivity contribution in [3.8, 4) is 0 Å². The fourth-order valence-electron chi connectivity index (χ4n) is 2.13. The number of ketones is 1. The molecule has 0 radical (unpaired) electrons. The smallest absolute Gasteiger partial charge is 0.136 e. The summed E-state index contributed by atoms with van der Waals surface area (Å²) >= 11 is 0. The molecule has 1 saturated heterocycles. The molecule has 4 nitrogen and oxygen atoms in total. The molecule has 0 saturated carbocycles. The van der Waals surface area contributed by atoms with E-state index in [1.165, 1.54) is 0 Å². The number of rotatable bonds is 1. The molecule has 0 aliphatic carbocycles. The highest BCUT2D eigenvalue weighted by molar-refractivity contribution is 5.80. The molecule has 0 amide bonds. The van der Waals surface area contributed by atoms with Crippen LogP contribution in [-0.4, -0.2) is 22.0 Å². The summed E-state index contributed by atoms with van der Waals surface area (Å²) in [7, 11) is 0. The zero-order valence-electron chi connectivity index (χ0n) is 9.42. The zero-order valence-corrected chi connectivity index (χ0v) is 9.42. The van der Waals surface area contributed by atoms with Crippen molar-refractivity contribution in [1.29, 1.82) is 0 Å². The summed E-state index contributed by atoms with van der Waals surface area (Å²) < 4.78 is 0. The van der Waals surface area contributed by atoms with Crippen LogP contribution in [0.3, 0.4) is 0 Å². The lowest BCUT2D eigenvalue weighted by atomic mass is 9.94. The maximum Gasteiger partial charge on any atom is 0.136 e. The van der Waals surface area contributed by atoms with Crippen LogP contribution < -0.4 is 5.32 Å². The second-order valence-electron chi connectivity index (χ2n) is 4.43. The van der Waals surface area contributed by atoms with Crippen molar-refractivity contribution >= 4 is 5.78 Å². The van der Waals surface area contributed by atoms with E-state index in [-0.39, 0.29) is 12.1 Å². The number of aromatic nitrogens is 2. The van der Waals surface area contributed by atoms with Crippen molar-refractivity contribution in [3.05, 3.63) is 17.0 Å². The van der Waals surface area contributed by atoms with Crippen LogP contribution in [0.4, 0.5) is 0 Å². The van der Waals surface area contributed by atoms with Crippen molar-refractivity contribution in [3.63, 3.8) is 0 Å². The third-order valence-corrected chi connectivity index (χ3v) is 3.07. The first kappa shape index (κ1) is 10.4. The maximum absolute atomic E-state index is 11.5. The van der Waals surface area contributed by atoms with E-state index in [0.717, 1.165) is 17.0 Å². The highest BCUT2D eigenvalue weighted by Gasteiger charge is 2.27. The third-order valence-electron chi connectivity index (χ3n) is 3.07. The standard InChI is InChI=1S/C11H17N3O/c1-6-4-9(15)5-10(12-6)11-7(2)8(3)13-14-11/h6,10,12H,4-5H2,1-3H3,(H,13,14). The van der Waals surface area contributed by atoms with Gasteiger partial charge < -0.3 is 5.32 Å². The van der Waals surface area contributed by atoms with Crippen LogP contribution in [0.5, 0.6) is 0 Å².